The monoisotopic (exact) mass is 335 g/mol. The smallest absolute Gasteiger partial charge is 0.338 e. The Morgan fingerprint density at radius 2 is 1.83 bits per heavy atom. The number of carbonyl (C=O) groups excluding carboxylic acids is 2. The van der Waals surface area contributed by atoms with Crippen molar-refractivity contribution in [3.63, 3.8) is 0 Å². The maximum Gasteiger partial charge on any atom is 0.338 e. The lowest BCUT2D eigenvalue weighted by molar-refractivity contribution is -0.113. The van der Waals surface area contributed by atoms with E-state index in [1.165, 1.54) is 32.1 Å². The molecule has 0 radical (unpaired) electrons. The number of rotatable bonds is 6. The number of amides is 1. The van der Waals surface area contributed by atoms with Crippen LogP contribution in [0.4, 0.5) is 5.69 Å². The Morgan fingerprint density at radius 3 is 2.43 bits per heavy atom. The fraction of sp³-hybridized carbons (Fsp3) is 0.556. The summed E-state index contributed by atoms with van der Waals surface area (Å²) in [5.41, 5.74) is 1.20. The van der Waals surface area contributed by atoms with E-state index in [4.69, 9.17) is 4.74 Å². The second-order valence-electron chi connectivity index (χ2n) is 6.15. The van der Waals surface area contributed by atoms with Crippen LogP contribution in [0.2, 0.25) is 0 Å². The summed E-state index contributed by atoms with van der Waals surface area (Å²) in [7, 11) is 0. The molecule has 0 spiro atoms. The van der Waals surface area contributed by atoms with Crippen LogP contribution in [0.5, 0.6) is 0 Å². The van der Waals surface area contributed by atoms with E-state index in [9.17, 15) is 9.59 Å². The van der Waals surface area contributed by atoms with Gasteiger partial charge in [0.1, 0.15) is 0 Å². The number of hydrogen-bond donors (Lipinski definition) is 1. The standard InChI is InChI=1S/C18H25NO3S/c1-13(2)22-18(21)14-8-10-15(11-9-14)19-17(20)12-23-16-6-4-3-5-7-16/h8-11,13,16H,3-7,12H2,1-2H3,(H,19,20). The van der Waals surface area contributed by atoms with Crippen LogP contribution < -0.4 is 5.32 Å². The fourth-order valence-corrected chi connectivity index (χ4v) is 3.72. The van der Waals surface area contributed by atoms with Gasteiger partial charge in [-0.1, -0.05) is 19.3 Å². The van der Waals surface area contributed by atoms with Gasteiger partial charge in [-0.05, 0) is 51.0 Å². The maximum atomic E-state index is 12.0. The van der Waals surface area contributed by atoms with Gasteiger partial charge in [0.05, 0.1) is 17.4 Å². The SMILES string of the molecule is CC(C)OC(=O)c1ccc(NC(=O)CSC2CCCCC2)cc1. The first kappa shape index (κ1) is 17.9. The summed E-state index contributed by atoms with van der Waals surface area (Å²) < 4.78 is 5.13. The van der Waals surface area contributed by atoms with Gasteiger partial charge in [0.25, 0.3) is 0 Å². The lowest BCUT2D eigenvalue weighted by atomic mass is 10.0. The Hall–Kier alpha value is -1.49. The van der Waals surface area contributed by atoms with Gasteiger partial charge >= 0.3 is 5.97 Å². The molecule has 0 bridgehead atoms. The molecule has 0 unspecified atom stereocenters. The molecule has 1 aromatic carbocycles. The van der Waals surface area contributed by atoms with Gasteiger partial charge in [-0.3, -0.25) is 4.79 Å². The summed E-state index contributed by atoms with van der Waals surface area (Å²) in [5, 5.41) is 3.50. The minimum atomic E-state index is -0.342. The highest BCUT2D eigenvalue weighted by Gasteiger charge is 2.15. The van der Waals surface area contributed by atoms with Crippen molar-refractivity contribution in [2.75, 3.05) is 11.1 Å². The summed E-state index contributed by atoms with van der Waals surface area (Å²) in [5.74, 6) is 0.158. The van der Waals surface area contributed by atoms with Crippen LogP contribution in [-0.2, 0) is 9.53 Å². The molecule has 1 fully saturated rings. The first-order chi connectivity index (χ1) is 11.0. The third-order valence-corrected chi connectivity index (χ3v) is 5.12. The van der Waals surface area contributed by atoms with Crippen LogP contribution in [0.3, 0.4) is 0 Å². The Kier molecular flexibility index (Phi) is 6.96. The zero-order valence-electron chi connectivity index (χ0n) is 13.8. The highest BCUT2D eigenvalue weighted by atomic mass is 32.2. The quantitative estimate of drug-likeness (QED) is 0.789. The molecule has 5 heteroatoms. The maximum absolute atomic E-state index is 12.0. The number of hydrogen-bond acceptors (Lipinski definition) is 4. The molecule has 0 atom stereocenters. The molecule has 1 N–H and O–H groups in total. The van der Waals surface area contributed by atoms with E-state index in [1.807, 2.05) is 13.8 Å². The summed E-state index contributed by atoms with van der Waals surface area (Å²) in [6.45, 7) is 3.63. The van der Waals surface area contributed by atoms with Crippen molar-refractivity contribution in [1.29, 1.82) is 0 Å². The number of nitrogens with one attached hydrogen (secondary N) is 1. The molecule has 1 aliphatic rings. The predicted molar refractivity (Wildman–Crippen MR) is 95.0 cm³/mol. The number of thioether (sulfide) groups is 1. The summed E-state index contributed by atoms with van der Waals surface area (Å²) in [6.07, 6.45) is 6.21. The molecule has 0 aromatic heterocycles. The van der Waals surface area contributed by atoms with Crippen molar-refractivity contribution in [2.45, 2.75) is 57.3 Å². The van der Waals surface area contributed by atoms with Gasteiger partial charge in [0.2, 0.25) is 5.91 Å². The average molecular weight is 335 g/mol. The number of benzene rings is 1. The second-order valence-corrected chi connectivity index (χ2v) is 7.44. The lowest BCUT2D eigenvalue weighted by Gasteiger charge is -2.20. The third kappa shape index (κ3) is 6.26. The second kappa shape index (κ2) is 8.96. The Morgan fingerprint density at radius 1 is 1.17 bits per heavy atom. The zero-order valence-corrected chi connectivity index (χ0v) is 14.7. The highest BCUT2D eigenvalue weighted by molar-refractivity contribution is 8.00. The third-order valence-electron chi connectivity index (χ3n) is 3.75. The van der Waals surface area contributed by atoms with Crippen LogP contribution in [0.15, 0.2) is 24.3 Å². The summed E-state index contributed by atoms with van der Waals surface area (Å²) >= 11 is 1.75. The molecular weight excluding hydrogens is 310 g/mol. The van der Waals surface area contributed by atoms with E-state index in [2.05, 4.69) is 5.32 Å². The first-order valence-corrected chi connectivity index (χ1v) is 9.32. The molecule has 126 valence electrons. The molecule has 1 saturated carbocycles. The van der Waals surface area contributed by atoms with Crippen molar-refractivity contribution in [2.24, 2.45) is 0 Å². The van der Waals surface area contributed by atoms with Gasteiger partial charge in [-0.15, -0.1) is 11.8 Å². The first-order valence-electron chi connectivity index (χ1n) is 8.27. The Bertz CT molecular complexity index is 522. The number of anilines is 1. The van der Waals surface area contributed by atoms with Crippen molar-refractivity contribution >= 4 is 29.3 Å². The van der Waals surface area contributed by atoms with E-state index in [0.717, 1.165) is 0 Å². The molecule has 0 heterocycles. The molecule has 1 aromatic rings. The molecule has 1 amide bonds. The zero-order chi connectivity index (χ0) is 16.7. The van der Waals surface area contributed by atoms with Crippen LogP contribution in [0, 0.1) is 0 Å². The molecular formula is C18H25NO3S. The minimum absolute atomic E-state index is 0.0121. The Labute approximate surface area is 142 Å². The highest BCUT2D eigenvalue weighted by Crippen LogP contribution is 2.28. The van der Waals surface area contributed by atoms with Crippen molar-refractivity contribution in [3.8, 4) is 0 Å². The number of esters is 1. The van der Waals surface area contributed by atoms with E-state index in [-0.39, 0.29) is 18.0 Å². The molecule has 0 saturated heterocycles. The van der Waals surface area contributed by atoms with Crippen LogP contribution in [-0.4, -0.2) is 29.0 Å². The van der Waals surface area contributed by atoms with E-state index >= 15 is 0 Å². The molecule has 23 heavy (non-hydrogen) atoms. The average Bonchev–Trinajstić information content (AvgIpc) is 2.54. The summed E-state index contributed by atoms with van der Waals surface area (Å²) in [6, 6.07) is 6.82. The van der Waals surface area contributed by atoms with Gasteiger partial charge in [-0.25, -0.2) is 4.79 Å². The van der Waals surface area contributed by atoms with E-state index < -0.39 is 0 Å². The fourth-order valence-electron chi connectivity index (χ4n) is 2.59. The van der Waals surface area contributed by atoms with Crippen molar-refractivity contribution in [1.82, 2.24) is 0 Å². The van der Waals surface area contributed by atoms with Crippen LogP contribution >= 0.6 is 11.8 Å². The van der Waals surface area contributed by atoms with E-state index in [0.29, 0.717) is 22.3 Å². The number of carbonyl (C=O) groups is 2. The van der Waals surface area contributed by atoms with Gasteiger partial charge < -0.3 is 10.1 Å². The lowest BCUT2D eigenvalue weighted by Crippen LogP contribution is -2.18. The topological polar surface area (TPSA) is 55.4 Å². The van der Waals surface area contributed by atoms with Crippen molar-refractivity contribution in [3.05, 3.63) is 29.8 Å². The summed E-state index contributed by atoms with van der Waals surface area (Å²) in [4.78, 5) is 23.7. The number of ether oxygens (including phenoxy) is 1. The molecule has 2 rings (SSSR count). The van der Waals surface area contributed by atoms with Gasteiger partial charge in [0.15, 0.2) is 0 Å². The Balaban J connectivity index is 1.78. The normalized spacial score (nSPS) is 15.4. The van der Waals surface area contributed by atoms with Gasteiger partial charge in [0, 0.05) is 10.9 Å². The molecule has 0 aliphatic heterocycles. The largest absolute Gasteiger partial charge is 0.459 e. The van der Waals surface area contributed by atoms with Crippen LogP contribution in [0.25, 0.3) is 0 Å². The molecule has 1 aliphatic carbocycles. The van der Waals surface area contributed by atoms with Crippen molar-refractivity contribution < 1.29 is 14.3 Å². The minimum Gasteiger partial charge on any atom is -0.459 e. The molecule has 4 nitrogen and oxygen atoms in total. The van der Waals surface area contributed by atoms with Gasteiger partial charge in [-0.2, -0.15) is 0 Å². The predicted octanol–water partition coefficient (Wildman–Crippen LogP) is 4.26. The van der Waals surface area contributed by atoms with Crippen LogP contribution in [0.1, 0.15) is 56.3 Å². The van der Waals surface area contributed by atoms with E-state index in [1.54, 1.807) is 36.0 Å².